The molecule has 6 nitrogen and oxygen atoms in total. The Morgan fingerprint density at radius 1 is 1.17 bits per heavy atom. The zero-order valence-electron chi connectivity index (χ0n) is 12.8. The van der Waals surface area contributed by atoms with E-state index in [0.29, 0.717) is 6.04 Å². The van der Waals surface area contributed by atoms with E-state index in [4.69, 9.17) is 0 Å². The van der Waals surface area contributed by atoms with Crippen molar-refractivity contribution in [1.29, 1.82) is 0 Å². The summed E-state index contributed by atoms with van der Waals surface area (Å²) in [6.07, 6.45) is 3.15. The molecular weight excluding hydrogens is 316 g/mol. The van der Waals surface area contributed by atoms with E-state index in [9.17, 15) is 9.59 Å². The number of carbonyl (C=O) groups excluding carboxylic acids is 1. The molecule has 2 saturated heterocycles. The van der Waals surface area contributed by atoms with Crippen LogP contribution >= 0.6 is 12.4 Å². The quantitative estimate of drug-likeness (QED) is 0.863. The third kappa shape index (κ3) is 2.77. The van der Waals surface area contributed by atoms with Crippen LogP contribution in [-0.2, 0) is 11.3 Å². The molecule has 0 aliphatic carbocycles. The second kappa shape index (κ2) is 6.37. The molecule has 2 aromatic rings. The van der Waals surface area contributed by atoms with Crippen molar-refractivity contribution in [2.75, 3.05) is 13.1 Å². The number of amides is 1. The average Bonchev–Trinajstić information content (AvgIpc) is 2.95. The van der Waals surface area contributed by atoms with E-state index in [1.54, 1.807) is 4.57 Å². The second-order valence-electron chi connectivity index (χ2n) is 6.21. The fraction of sp³-hybridized carbons (Fsp3) is 0.500. The van der Waals surface area contributed by atoms with Gasteiger partial charge in [-0.3, -0.25) is 9.36 Å². The van der Waals surface area contributed by atoms with E-state index in [-0.39, 0.29) is 36.6 Å². The van der Waals surface area contributed by atoms with Gasteiger partial charge in [0.15, 0.2) is 0 Å². The number of aromatic amines is 1. The summed E-state index contributed by atoms with van der Waals surface area (Å²) in [6.45, 7) is 1.96. The van der Waals surface area contributed by atoms with E-state index in [1.807, 2.05) is 29.2 Å². The number of para-hydroxylation sites is 2. The molecule has 0 saturated carbocycles. The van der Waals surface area contributed by atoms with E-state index < -0.39 is 0 Å². The average molecular weight is 337 g/mol. The molecule has 0 radical (unpaired) electrons. The lowest BCUT2D eigenvalue weighted by Gasteiger charge is -2.28. The minimum atomic E-state index is -0.213. The lowest BCUT2D eigenvalue weighted by atomic mass is 10.1. The zero-order chi connectivity index (χ0) is 15.1. The first-order valence-corrected chi connectivity index (χ1v) is 7.93. The Morgan fingerprint density at radius 2 is 1.96 bits per heavy atom. The number of benzene rings is 1. The van der Waals surface area contributed by atoms with E-state index in [2.05, 4.69) is 10.3 Å². The summed E-state index contributed by atoms with van der Waals surface area (Å²) < 4.78 is 1.55. The van der Waals surface area contributed by atoms with Crippen molar-refractivity contribution in [2.45, 2.75) is 37.9 Å². The van der Waals surface area contributed by atoms with Gasteiger partial charge in [0.25, 0.3) is 0 Å². The van der Waals surface area contributed by atoms with Gasteiger partial charge in [0.1, 0.15) is 6.54 Å². The highest BCUT2D eigenvalue weighted by Crippen LogP contribution is 2.28. The van der Waals surface area contributed by atoms with Gasteiger partial charge in [-0.1, -0.05) is 12.1 Å². The summed E-state index contributed by atoms with van der Waals surface area (Å²) >= 11 is 0. The summed E-state index contributed by atoms with van der Waals surface area (Å²) in [4.78, 5) is 29.8. The molecule has 2 N–H and O–H groups in total. The predicted octanol–water partition coefficient (Wildman–Crippen LogP) is 1.10. The SMILES string of the molecule is Cl.O=C(Cn1c(=O)[nH]c2ccccc21)N1C2CCNCC1CC2. The third-order valence-electron chi connectivity index (χ3n) is 4.92. The normalized spacial score (nSPS) is 23.6. The van der Waals surface area contributed by atoms with Crippen LogP contribution in [0.1, 0.15) is 19.3 Å². The predicted molar refractivity (Wildman–Crippen MR) is 90.9 cm³/mol. The minimum Gasteiger partial charge on any atom is -0.334 e. The van der Waals surface area contributed by atoms with Crippen LogP contribution in [0.4, 0.5) is 0 Å². The molecule has 7 heteroatoms. The van der Waals surface area contributed by atoms with Gasteiger partial charge in [-0.2, -0.15) is 0 Å². The van der Waals surface area contributed by atoms with E-state index in [0.717, 1.165) is 43.4 Å². The highest BCUT2D eigenvalue weighted by molar-refractivity contribution is 5.85. The molecule has 124 valence electrons. The van der Waals surface area contributed by atoms with Crippen molar-refractivity contribution in [2.24, 2.45) is 0 Å². The maximum atomic E-state index is 12.8. The van der Waals surface area contributed by atoms with Crippen LogP contribution in [0.25, 0.3) is 11.0 Å². The van der Waals surface area contributed by atoms with Crippen molar-refractivity contribution in [3.8, 4) is 0 Å². The number of rotatable bonds is 2. The molecule has 1 amide bonds. The smallest absolute Gasteiger partial charge is 0.326 e. The molecule has 2 fully saturated rings. The number of aromatic nitrogens is 2. The Hall–Kier alpha value is -1.79. The maximum absolute atomic E-state index is 12.8. The van der Waals surface area contributed by atoms with Gasteiger partial charge < -0.3 is 15.2 Å². The molecule has 4 rings (SSSR count). The molecule has 1 aromatic carbocycles. The van der Waals surface area contributed by atoms with Gasteiger partial charge >= 0.3 is 5.69 Å². The first-order valence-electron chi connectivity index (χ1n) is 7.93. The Morgan fingerprint density at radius 3 is 2.83 bits per heavy atom. The number of carbonyl (C=O) groups is 1. The van der Waals surface area contributed by atoms with Gasteiger partial charge in [0, 0.05) is 18.6 Å². The standard InChI is InChI=1S/C16H20N4O2.ClH/c21-15(20-11-5-6-12(20)9-17-8-7-11)10-19-14-4-2-1-3-13(14)18-16(19)22;/h1-4,11-12,17H,5-10H2,(H,18,22);1H. The third-order valence-corrected chi connectivity index (χ3v) is 4.92. The molecule has 1 aromatic heterocycles. The lowest BCUT2D eigenvalue weighted by molar-refractivity contribution is -0.134. The van der Waals surface area contributed by atoms with Gasteiger partial charge in [-0.25, -0.2) is 4.79 Å². The second-order valence-corrected chi connectivity index (χ2v) is 6.21. The van der Waals surface area contributed by atoms with E-state index >= 15 is 0 Å². The molecule has 2 unspecified atom stereocenters. The number of halogens is 1. The first kappa shape index (κ1) is 16.1. The van der Waals surface area contributed by atoms with Crippen LogP contribution in [0.2, 0.25) is 0 Å². The molecule has 2 aliphatic heterocycles. The largest absolute Gasteiger partial charge is 0.334 e. The summed E-state index contributed by atoms with van der Waals surface area (Å²) in [5.74, 6) is 0.0584. The Kier molecular flexibility index (Phi) is 4.46. The van der Waals surface area contributed by atoms with Gasteiger partial charge in [-0.15, -0.1) is 12.4 Å². The molecule has 23 heavy (non-hydrogen) atoms. The van der Waals surface area contributed by atoms with Crippen molar-refractivity contribution in [1.82, 2.24) is 19.8 Å². The van der Waals surface area contributed by atoms with Crippen LogP contribution in [0.3, 0.4) is 0 Å². The number of H-pyrrole nitrogens is 1. The number of hydrogen-bond acceptors (Lipinski definition) is 3. The summed E-state index contributed by atoms with van der Waals surface area (Å²) in [6, 6.07) is 8.10. The molecule has 0 spiro atoms. The molecular formula is C16H21ClN4O2. The van der Waals surface area contributed by atoms with Crippen LogP contribution < -0.4 is 11.0 Å². The highest BCUT2D eigenvalue weighted by atomic mass is 35.5. The topological polar surface area (TPSA) is 70.1 Å². The fourth-order valence-corrected chi connectivity index (χ4v) is 3.87. The molecule has 2 atom stereocenters. The number of nitrogens with zero attached hydrogens (tertiary/aromatic N) is 2. The van der Waals surface area contributed by atoms with Crippen molar-refractivity contribution < 1.29 is 4.79 Å². The summed E-state index contributed by atoms with van der Waals surface area (Å²) in [7, 11) is 0. The number of fused-ring (bicyclic) bond motifs is 3. The number of hydrogen-bond donors (Lipinski definition) is 2. The number of imidazole rings is 1. The summed E-state index contributed by atoms with van der Waals surface area (Å²) in [5, 5.41) is 3.39. The zero-order valence-corrected chi connectivity index (χ0v) is 13.6. The monoisotopic (exact) mass is 336 g/mol. The molecule has 2 aliphatic rings. The van der Waals surface area contributed by atoms with Gasteiger partial charge in [-0.05, 0) is 37.9 Å². The van der Waals surface area contributed by atoms with Crippen molar-refractivity contribution in [3.63, 3.8) is 0 Å². The van der Waals surface area contributed by atoms with Crippen LogP contribution in [0.5, 0.6) is 0 Å². The van der Waals surface area contributed by atoms with Gasteiger partial charge in [0.05, 0.1) is 11.0 Å². The van der Waals surface area contributed by atoms with E-state index in [1.165, 1.54) is 0 Å². The molecule has 2 bridgehead atoms. The molecule has 3 heterocycles. The Labute approximate surface area is 140 Å². The fourth-order valence-electron chi connectivity index (χ4n) is 3.87. The van der Waals surface area contributed by atoms with Crippen LogP contribution in [-0.4, -0.2) is 45.5 Å². The Bertz CT molecular complexity index is 755. The van der Waals surface area contributed by atoms with Crippen molar-refractivity contribution >= 4 is 29.3 Å². The highest BCUT2D eigenvalue weighted by Gasteiger charge is 2.37. The first-order chi connectivity index (χ1) is 10.7. The lowest BCUT2D eigenvalue weighted by Crippen LogP contribution is -2.44. The number of nitrogens with one attached hydrogen (secondary N) is 2. The Balaban J connectivity index is 0.00000156. The van der Waals surface area contributed by atoms with Crippen molar-refractivity contribution in [3.05, 3.63) is 34.7 Å². The van der Waals surface area contributed by atoms with Gasteiger partial charge in [0.2, 0.25) is 5.91 Å². The summed E-state index contributed by atoms with van der Waals surface area (Å²) in [5.41, 5.74) is 1.36. The maximum Gasteiger partial charge on any atom is 0.326 e. The van der Waals surface area contributed by atoms with Crippen LogP contribution in [0, 0.1) is 0 Å². The van der Waals surface area contributed by atoms with Crippen LogP contribution in [0.15, 0.2) is 29.1 Å². The minimum absolute atomic E-state index is 0.